The quantitative estimate of drug-likeness (QED) is 0.821. The zero-order valence-electron chi connectivity index (χ0n) is 11.9. The summed E-state index contributed by atoms with van der Waals surface area (Å²) in [6.45, 7) is 4.67. The van der Waals surface area contributed by atoms with Gasteiger partial charge in [0.2, 0.25) is 15.9 Å². The molecule has 1 aliphatic heterocycles. The number of hydrogen-bond acceptors (Lipinski definition) is 5. The smallest absolute Gasteiger partial charge is 0.216 e. The van der Waals surface area contributed by atoms with E-state index in [9.17, 15) is 8.42 Å². The Morgan fingerprint density at radius 2 is 2.30 bits per heavy atom. The van der Waals surface area contributed by atoms with Crippen molar-refractivity contribution in [1.82, 2.24) is 14.3 Å². The van der Waals surface area contributed by atoms with Gasteiger partial charge < -0.3 is 4.74 Å². The first-order valence-corrected chi connectivity index (χ1v) is 8.56. The molecule has 1 saturated heterocycles. The third-order valence-corrected chi connectivity index (χ3v) is 5.28. The first-order valence-electron chi connectivity index (χ1n) is 6.95. The van der Waals surface area contributed by atoms with Crippen molar-refractivity contribution < 1.29 is 13.2 Å². The molecule has 0 aliphatic carbocycles. The lowest BCUT2D eigenvalue weighted by Crippen LogP contribution is -2.45. The van der Waals surface area contributed by atoms with E-state index in [0.717, 1.165) is 12.8 Å². The van der Waals surface area contributed by atoms with Gasteiger partial charge in [-0.05, 0) is 26.2 Å². The molecule has 1 atom stereocenters. The van der Waals surface area contributed by atoms with Gasteiger partial charge in [0.25, 0.3) is 0 Å². The zero-order chi connectivity index (χ0) is 14.6. The molecular weight excluding hydrogens is 278 g/mol. The van der Waals surface area contributed by atoms with E-state index >= 15 is 0 Å². The van der Waals surface area contributed by atoms with Crippen LogP contribution in [0.25, 0.3) is 0 Å². The molecule has 1 aromatic heterocycles. The molecule has 1 fully saturated rings. The van der Waals surface area contributed by atoms with Crippen molar-refractivity contribution in [3.63, 3.8) is 0 Å². The molecule has 20 heavy (non-hydrogen) atoms. The lowest BCUT2D eigenvalue weighted by molar-refractivity contribution is 0.124. The van der Waals surface area contributed by atoms with Gasteiger partial charge in [-0.25, -0.2) is 13.4 Å². The fraction of sp³-hybridized carbons (Fsp3) is 0.692. The van der Waals surface area contributed by atoms with E-state index < -0.39 is 10.0 Å². The number of aryl methyl sites for hydroxylation is 1. The van der Waals surface area contributed by atoms with Crippen molar-refractivity contribution >= 4 is 10.0 Å². The Labute approximate surface area is 120 Å². The first-order chi connectivity index (χ1) is 9.51. The molecule has 0 spiro atoms. The highest BCUT2D eigenvalue weighted by atomic mass is 32.2. The van der Waals surface area contributed by atoms with Crippen molar-refractivity contribution in [2.45, 2.75) is 39.2 Å². The van der Waals surface area contributed by atoms with Crippen molar-refractivity contribution in [2.75, 3.05) is 18.8 Å². The number of rotatable bonds is 5. The van der Waals surface area contributed by atoms with Gasteiger partial charge in [0.1, 0.15) is 11.9 Å². The summed E-state index contributed by atoms with van der Waals surface area (Å²) in [4.78, 5) is 8.20. The predicted molar refractivity (Wildman–Crippen MR) is 76.1 cm³/mol. The maximum absolute atomic E-state index is 12.1. The molecule has 0 bridgehead atoms. The van der Waals surface area contributed by atoms with Crippen molar-refractivity contribution in [3.05, 3.63) is 18.1 Å². The van der Waals surface area contributed by atoms with Crippen LogP contribution in [0.15, 0.2) is 12.3 Å². The lowest BCUT2D eigenvalue weighted by Gasteiger charge is -2.31. The minimum atomic E-state index is -3.15. The van der Waals surface area contributed by atoms with Crippen LogP contribution in [-0.4, -0.2) is 47.6 Å². The SMILES string of the molecule is CCCS(=O)(=O)N1CCCC(Oc2ccnc(C)n2)C1. The summed E-state index contributed by atoms with van der Waals surface area (Å²) >= 11 is 0. The number of piperidine rings is 1. The summed E-state index contributed by atoms with van der Waals surface area (Å²) in [6, 6.07) is 1.70. The number of sulfonamides is 1. The molecule has 0 amide bonds. The van der Waals surface area contributed by atoms with Crippen LogP contribution < -0.4 is 4.74 Å². The molecule has 1 unspecified atom stereocenters. The molecule has 1 aromatic rings. The van der Waals surface area contributed by atoms with Crippen LogP contribution in [0, 0.1) is 6.92 Å². The van der Waals surface area contributed by atoms with Crippen LogP contribution in [-0.2, 0) is 10.0 Å². The van der Waals surface area contributed by atoms with Gasteiger partial charge in [0.15, 0.2) is 0 Å². The topological polar surface area (TPSA) is 72.4 Å². The van der Waals surface area contributed by atoms with E-state index in [2.05, 4.69) is 9.97 Å². The fourth-order valence-electron chi connectivity index (χ4n) is 2.31. The van der Waals surface area contributed by atoms with E-state index in [1.54, 1.807) is 23.5 Å². The second kappa shape index (κ2) is 6.49. The van der Waals surface area contributed by atoms with E-state index in [0.29, 0.717) is 31.2 Å². The van der Waals surface area contributed by atoms with Crippen LogP contribution in [0.3, 0.4) is 0 Å². The Balaban J connectivity index is 2.00. The van der Waals surface area contributed by atoms with Crippen molar-refractivity contribution in [3.8, 4) is 5.88 Å². The van der Waals surface area contributed by atoms with E-state index in [-0.39, 0.29) is 11.9 Å². The van der Waals surface area contributed by atoms with E-state index in [1.165, 1.54) is 0 Å². The molecule has 6 nitrogen and oxygen atoms in total. The summed E-state index contributed by atoms with van der Waals surface area (Å²) in [7, 11) is -3.15. The number of hydrogen-bond donors (Lipinski definition) is 0. The third kappa shape index (κ3) is 3.89. The van der Waals surface area contributed by atoms with Crippen LogP contribution in [0.5, 0.6) is 5.88 Å². The number of aromatic nitrogens is 2. The summed E-state index contributed by atoms with van der Waals surface area (Å²) in [5.41, 5.74) is 0. The number of nitrogens with zero attached hydrogens (tertiary/aromatic N) is 3. The van der Waals surface area contributed by atoms with Crippen molar-refractivity contribution in [1.29, 1.82) is 0 Å². The highest BCUT2D eigenvalue weighted by Gasteiger charge is 2.29. The molecule has 2 rings (SSSR count). The standard InChI is InChI=1S/C13H21N3O3S/c1-3-9-20(17,18)16-8-4-5-12(10-16)19-13-6-7-14-11(2)15-13/h6-7,12H,3-5,8-10H2,1-2H3. The fourth-order valence-corrected chi connectivity index (χ4v) is 3.89. The van der Waals surface area contributed by atoms with E-state index in [1.807, 2.05) is 6.92 Å². The summed E-state index contributed by atoms with van der Waals surface area (Å²) < 4.78 is 31.5. The molecule has 112 valence electrons. The first kappa shape index (κ1) is 15.2. The Kier molecular flexibility index (Phi) is 4.93. The second-order valence-corrected chi connectivity index (χ2v) is 7.09. The second-order valence-electron chi connectivity index (χ2n) is 5.00. The zero-order valence-corrected chi connectivity index (χ0v) is 12.8. The Morgan fingerprint density at radius 1 is 1.50 bits per heavy atom. The molecule has 0 saturated carbocycles. The number of ether oxygens (including phenoxy) is 1. The lowest BCUT2D eigenvalue weighted by atomic mass is 10.1. The van der Waals surface area contributed by atoms with Crippen LogP contribution in [0.4, 0.5) is 0 Å². The molecule has 2 heterocycles. The summed E-state index contributed by atoms with van der Waals surface area (Å²) in [5, 5.41) is 0. The largest absolute Gasteiger partial charge is 0.473 e. The molecule has 1 aliphatic rings. The van der Waals surface area contributed by atoms with Crippen LogP contribution in [0.1, 0.15) is 32.0 Å². The predicted octanol–water partition coefficient (Wildman–Crippen LogP) is 1.37. The highest BCUT2D eigenvalue weighted by molar-refractivity contribution is 7.89. The molecule has 0 radical (unpaired) electrons. The van der Waals surface area contributed by atoms with Gasteiger partial charge in [-0.15, -0.1) is 0 Å². The minimum absolute atomic E-state index is 0.135. The summed E-state index contributed by atoms with van der Waals surface area (Å²) in [6.07, 6.45) is 3.81. The molecule has 7 heteroatoms. The Morgan fingerprint density at radius 3 is 3.00 bits per heavy atom. The van der Waals surface area contributed by atoms with Crippen LogP contribution >= 0.6 is 0 Å². The molecular formula is C13H21N3O3S. The van der Waals surface area contributed by atoms with Gasteiger partial charge in [-0.2, -0.15) is 9.29 Å². The third-order valence-electron chi connectivity index (χ3n) is 3.23. The van der Waals surface area contributed by atoms with Gasteiger partial charge in [-0.3, -0.25) is 0 Å². The molecule has 0 N–H and O–H groups in total. The Bertz CT molecular complexity index is 548. The maximum Gasteiger partial charge on any atom is 0.216 e. The Hall–Kier alpha value is -1.21. The monoisotopic (exact) mass is 299 g/mol. The van der Waals surface area contributed by atoms with Gasteiger partial charge in [-0.1, -0.05) is 6.92 Å². The van der Waals surface area contributed by atoms with E-state index in [4.69, 9.17) is 4.74 Å². The normalized spacial score (nSPS) is 20.8. The van der Waals surface area contributed by atoms with Crippen molar-refractivity contribution in [2.24, 2.45) is 0 Å². The highest BCUT2D eigenvalue weighted by Crippen LogP contribution is 2.19. The molecule has 0 aromatic carbocycles. The summed E-state index contributed by atoms with van der Waals surface area (Å²) in [5.74, 6) is 1.36. The average molecular weight is 299 g/mol. The average Bonchev–Trinajstić information content (AvgIpc) is 2.39. The maximum atomic E-state index is 12.1. The van der Waals surface area contributed by atoms with Crippen LogP contribution in [0.2, 0.25) is 0 Å². The minimum Gasteiger partial charge on any atom is -0.473 e. The van der Waals surface area contributed by atoms with Gasteiger partial charge >= 0.3 is 0 Å². The van der Waals surface area contributed by atoms with Gasteiger partial charge in [0.05, 0.1) is 12.3 Å². The van der Waals surface area contributed by atoms with Gasteiger partial charge in [0, 0.05) is 18.8 Å².